The molecule has 1 N–H and O–H groups in total. The van der Waals surface area contributed by atoms with Gasteiger partial charge in [0.25, 0.3) is 0 Å². The molecule has 0 radical (unpaired) electrons. The highest BCUT2D eigenvalue weighted by Gasteiger charge is 2.13. The molecule has 2 aromatic carbocycles. The summed E-state index contributed by atoms with van der Waals surface area (Å²) in [4.78, 5) is 28.1. The number of nitrogens with zero attached hydrogens (tertiary/aromatic N) is 4. The molecular weight excluding hydrogens is 480 g/mol. The quantitative estimate of drug-likeness (QED) is 0.282. The van der Waals surface area contributed by atoms with Crippen LogP contribution in [0.3, 0.4) is 0 Å². The highest BCUT2D eigenvalue weighted by molar-refractivity contribution is 6.07. The van der Waals surface area contributed by atoms with Gasteiger partial charge in [0.1, 0.15) is 24.5 Å². The predicted octanol–water partition coefficient (Wildman–Crippen LogP) is 4.07. The number of aliphatic hydroxyl groups is 1. The Morgan fingerprint density at radius 2 is 1.34 bits per heavy atom. The SMILES string of the molecule is CC#CCOc1cc(C(=O)c2ccccc2)ncn1.CC#CCOc1cc(C(O)c2ccccc2)ncn1. The van der Waals surface area contributed by atoms with E-state index in [9.17, 15) is 9.90 Å². The lowest BCUT2D eigenvalue weighted by Crippen LogP contribution is -2.06. The Bertz CT molecular complexity index is 1440. The van der Waals surface area contributed by atoms with E-state index in [-0.39, 0.29) is 19.0 Å². The fraction of sp³-hybridized carbons (Fsp3) is 0.167. The van der Waals surface area contributed by atoms with Gasteiger partial charge in [0.05, 0.1) is 5.69 Å². The number of benzene rings is 2. The lowest BCUT2D eigenvalue weighted by molar-refractivity contribution is 0.103. The zero-order chi connectivity index (χ0) is 27.0. The fourth-order valence-corrected chi connectivity index (χ4v) is 3.03. The molecule has 38 heavy (non-hydrogen) atoms. The van der Waals surface area contributed by atoms with Gasteiger partial charge in [0.2, 0.25) is 17.5 Å². The van der Waals surface area contributed by atoms with E-state index in [4.69, 9.17) is 9.47 Å². The Kier molecular flexibility index (Phi) is 11.0. The summed E-state index contributed by atoms with van der Waals surface area (Å²) in [7, 11) is 0. The first-order chi connectivity index (χ1) is 18.6. The third kappa shape index (κ3) is 8.56. The summed E-state index contributed by atoms with van der Waals surface area (Å²) < 4.78 is 10.6. The van der Waals surface area contributed by atoms with E-state index in [2.05, 4.69) is 43.6 Å². The van der Waals surface area contributed by atoms with Crippen molar-refractivity contribution >= 4 is 5.78 Å². The second-order valence-corrected chi connectivity index (χ2v) is 7.46. The van der Waals surface area contributed by atoms with E-state index in [1.165, 1.54) is 18.7 Å². The van der Waals surface area contributed by atoms with Crippen LogP contribution in [0.15, 0.2) is 85.5 Å². The van der Waals surface area contributed by atoms with Crippen molar-refractivity contribution in [2.45, 2.75) is 20.0 Å². The second-order valence-electron chi connectivity index (χ2n) is 7.46. The summed E-state index contributed by atoms with van der Waals surface area (Å²) in [6.07, 6.45) is 1.89. The van der Waals surface area contributed by atoms with Crippen LogP contribution in [-0.4, -0.2) is 44.0 Å². The van der Waals surface area contributed by atoms with E-state index in [0.717, 1.165) is 5.56 Å². The molecule has 0 spiro atoms. The molecule has 0 saturated heterocycles. The molecule has 8 nitrogen and oxygen atoms in total. The summed E-state index contributed by atoms with van der Waals surface area (Å²) >= 11 is 0. The van der Waals surface area contributed by atoms with E-state index in [1.54, 1.807) is 32.0 Å². The van der Waals surface area contributed by atoms with Crippen LogP contribution >= 0.6 is 0 Å². The average Bonchev–Trinajstić information content (AvgIpc) is 2.98. The number of carbonyl (C=O) groups excluding carboxylic acids is 1. The second kappa shape index (κ2) is 15.1. The molecule has 0 aliphatic carbocycles. The summed E-state index contributed by atoms with van der Waals surface area (Å²) in [5, 5.41) is 10.2. The van der Waals surface area contributed by atoms with Crippen molar-refractivity contribution in [1.29, 1.82) is 0 Å². The van der Waals surface area contributed by atoms with Gasteiger partial charge in [-0.2, -0.15) is 0 Å². The lowest BCUT2D eigenvalue weighted by atomic mass is 10.1. The molecule has 1 atom stereocenters. The minimum absolute atomic E-state index is 0.158. The first-order valence-electron chi connectivity index (χ1n) is 11.6. The van der Waals surface area contributed by atoms with Crippen LogP contribution in [0.25, 0.3) is 0 Å². The van der Waals surface area contributed by atoms with Crippen molar-refractivity contribution < 1.29 is 19.4 Å². The number of aromatic nitrogens is 4. The summed E-state index contributed by atoms with van der Waals surface area (Å²) in [6.45, 7) is 3.99. The molecule has 0 aliphatic rings. The topological polar surface area (TPSA) is 107 Å². The maximum absolute atomic E-state index is 12.2. The van der Waals surface area contributed by atoms with Crippen molar-refractivity contribution in [3.05, 3.63) is 108 Å². The standard InChI is InChI=1S/C15H14N2O2.C15H12N2O2/c2*1-2-3-9-19-14-10-13(16-11-17-14)15(18)12-7-5-4-6-8-12/h4-8,10-11,15,18H,9H2,1H3;4-8,10-11H,9H2,1H3. The van der Waals surface area contributed by atoms with Gasteiger partial charge < -0.3 is 14.6 Å². The molecule has 0 bridgehead atoms. The van der Waals surface area contributed by atoms with Gasteiger partial charge in [-0.15, -0.1) is 11.8 Å². The summed E-state index contributed by atoms with van der Waals surface area (Å²) in [5.41, 5.74) is 2.17. The van der Waals surface area contributed by atoms with Crippen molar-refractivity contribution in [1.82, 2.24) is 19.9 Å². The molecule has 4 aromatic rings. The van der Waals surface area contributed by atoms with Crippen LogP contribution in [0.5, 0.6) is 11.8 Å². The number of hydrogen-bond acceptors (Lipinski definition) is 8. The number of carbonyl (C=O) groups is 1. The number of aliphatic hydroxyl groups excluding tert-OH is 1. The molecule has 2 heterocycles. The normalized spacial score (nSPS) is 10.3. The third-order valence-electron chi connectivity index (χ3n) is 4.91. The first-order valence-corrected chi connectivity index (χ1v) is 11.6. The van der Waals surface area contributed by atoms with Gasteiger partial charge in [-0.1, -0.05) is 72.5 Å². The highest BCUT2D eigenvalue weighted by atomic mass is 16.5. The number of hydrogen-bond donors (Lipinski definition) is 1. The molecule has 0 saturated carbocycles. The van der Waals surface area contributed by atoms with E-state index in [1.807, 2.05) is 48.5 Å². The van der Waals surface area contributed by atoms with Crippen molar-refractivity contribution in [3.63, 3.8) is 0 Å². The van der Waals surface area contributed by atoms with Crippen LogP contribution < -0.4 is 9.47 Å². The smallest absolute Gasteiger partial charge is 0.218 e. The minimum atomic E-state index is -0.788. The van der Waals surface area contributed by atoms with Crippen LogP contribution in [0.4, 0.5) is 0 Å². The van der Waals surface area contributed by atoms with Crippen LogP contribution in [0.2, 0.25) is 0 Å². The van der Waals surface area contributed by atoms with Gasteiger partial charge in [-0.05, 0) is 19.4 Å². The fourth-order valence-electron chi connectivity index (χ4n) is 3.03. The molecule has 1 unspecified atom stereocenters. The van der Waals surface area contributed by atoms with Crippen molar-refractivity contribution in [2.24, 2.45) is 0 Å². The van der Waals surface area contributed by atoms with Crippen molar-refractivity contribution in [3.8, 4) is 35.4 Å². The van der Waals surface area contributed by atoms with Gasteiger partial charge in [0, 0.05) is 17.7 Å². The van der Waals surface area contributed by atoms with Crippen LogP contribution in [0, 0.1) is 23.7 Å². The van der Waals surface area contributed by atoms with Crippen LogP contribution in [-0.2, 0) is 0 Å². The van der Waals surface area contributed by atoms with Gasteiger partial charge in [-0.25, -0.2) is 19.9 Å². The zero-order valence-electron chi connectivity index (χ0n) is 21.0. The Morgan fingerprint density at radius 3 is 1.95 bits per heavy atom. The number of rotatable bonds is 8. The monoisotopic (exact) mass is 506 g/mol. The molecule has 190 valence electrons. The predicted molar refractivity (Wildman–Crippen MR) is 142 cm³/mol. The van der Waals surface area contributed by atoms with Crippen LogP contribution in [0.1, 0.15) is 47.3 Å². The minimum Gasteiger partial charge on any atom is -0.464 e. The third-order valence-corrected chi connectivity index (χ3v) is 4.91. The Balaban J connectivity index is 0.000000211. The summed E-state index contributed by atoms with van der Waals surface area (Å²) in [6, 6.07) is 21.4. The van der Waals surface area contributed by atoms with Gasteiger partial charge in [0.15, 0.2) is 13.2 Å². The molecule has 0 amide bonds. The first kappa shape index (κ1) is 27.5. The molecular formula is C30H26N4O4. The number of ketones is 1. The van der Waals surface area contributed by atoms with Crippen molar-refractivity contribution in [2.75, 3.05) is 13.2 Å². The molecule has 8 heteroatoms. The number of ether oxygens (including phenoxy) is 2. The zero-order valence-corrected chi connectivity index (χ0v) is 21.0. The molecule has 0 aliphatic heterocycles. The Labute approximate surface area is 221 Å². The molecule has 2 aromatic heterocycles. The Hall–Kier alpha value is -5.05. The highest BCUT2D eigenvalue weighted by Crippen LogP contribution is 2.21. The lowest BCUT2D eigenvalue weighted by Gasteiger charge is -2.10. The Morgan fingerprint density at radius 1 is 0.789 bits per heavy atom. The van der Waals surface area contributed by atoms with E-state index in [0.29, 0.717) is 28.7 Å². The van der Waals surface area contributed by atoms with E-state index < -0.39 is 6.10 Å². The summed E-state index contributed by atoms with van der Waals surface area (Å²) in [5.74, 6) is 11.6. The maximum atomic E-state index is 12.2. The van der Waals surface area contributed by atoms with Gasteiger partial charge in [-0.3, -0.25) is 4.79 Å². The van der Waals surface area contributed by atoms with E-state index >= 15 is 0 Å². The van der Waals surface area contributed by atoms with Gasteiger partial charge >= 0.3 is 0 Å². The average molecular weight is 507 g/mol. The largest absolute Gasteiger partial charge is 0.464 e. The molecule has 4 rings (SSSR count). The molecule has 0 fully saturated rings. The maximum Gasteiger partial charge on any atom is 0.218 e.